The van der Waals surface area contributed by atoms with E-state index in [9.17, 15) is 23.6 Å². The third-order valence-corrected chi connectivity index (χ3v) is 5.45. The molecule has 0 aromatic heterocycles. The van der Waals surface area contributed by atoms with Crippen molar-refractivity contribution >= 4 is 11.9 Å². The van der Waals surface area contributed by atoms with Crippen molar-refractivity contribution in [3.63, 3.8) is 0 Å². The highest BCUT2D eigenvalue weighted by Gasteiger charge is 2.62. The Morgan fingerprint density at radius 1 is 1.19 bits per heavy atom. The minimum atomic E-state index is -1.33. The van der Waals surface area contributed by atoms with Crippen LogP contribution in [-0.4, -0.2) is 19.0 Å². The fourth-order valence-electron chi connectivity index (χ4n) is 3.50. The zero-order valence-corrected chi connectivity index (χ0v) is 17.7. The molecule has 32 heavy (non-hydrogen) atoms. The van der Waals surface area contributed by atoms with E-state index in [2.05, 4.69) is 4.74 Å². The number of nitrogens with zero attached hydrogens (tertiary/aromatic N) is 1. The van der Waals surface area contributed by atoms with Gasteiger partial charge >= 0.3 is 11.9 Å². The van der Waals surface area contributed by atoms with Gasteiger partial charge in [0.25, 0.3) is 0 Å². The fraction of sp³-hybridized carbons (Fsp3) is 0.292. The number of esters is 2. The number of methoxy groups -OCH3 is 1. The molecule has 1 fully saturated rings. The summed E-state index contributed by atoms with van der Waals surface area (Å²) in [6.07, 6.45) is -0.296. The molecule has 1 saturated carbocycles. The van der Waals surface area contributed by atoms with Crippen molar-refractivity contribution in [2.45, 2.75) is 20.0 Å². The number of rotatable bonds is 7. The Morgan fingerprint density at radius 3 is 2.50 bits per heavy atom. The lowest BCUT2D eigenvalue weighted by Crippen LogP contribution is -2.14. The maximum absolute atomic E-state index is 14.2. The SMILES string of the molecule is COC(=O)/C(F)=C\[C@H]1[C@@H](C(=O)O[C@H](C#N)c2ccc(F)c(Oc3ccccc3)c2)C1(C)C. The normalized spacial score (nSPS) is 19.9. The van der Waals surface area contributed by atoms with E-state index in [1.165, 1.54) is 12.1 Å². The third kappa shape index (κ3) is 4.78. The first-order chi connectivity index (χ1) is 15.2. The number of allylic oxidation sites excluding steroid dienone is 1. The number of benzene rings is 2. The lowest BCUT2D eigenvalue weighted by Gasteiger charge is -2.14. The van der Waals surface area contributed by atoms with Gasteiger partial charge in [-0.05, 0) is 41.7 Å². The highest BCUT2D eigenvalue weighted by Crippen LogP contribution is 2.60. The van der Waals surface area contributed by atoms with Gasteiger partial charge in [-0.1, -0.05) is 38.1 Å². The molecule has 6 nitrogen and oxygen atoms in total. The highest BCUT2D eigenvalue weighted by atomic mass is 19.1. The summed E-state index contributed by atoms with van der Waals surface area (Å²) >= 11 is 0. The van der Waals surface area contributed by atoms with E-state index >= 15 is 0 Å². The van der Waals surface area contributed by atoms with Crippen LogP contribution in [0.5, 0.6) is 11.5 Å². The molecule has 3 rings (SSSR count). The van der Waals surface area contributed by atoms with Crippen LogP contribution in [0, 0.1) is 34.4 Å². The summed E-state index contributed by atoms with van der Waals surface area (Å²) in [4.78, 5) is 24.0. The van der Waals surface area contributed by atoms with Crippen molar-refractivity contribution < 1.29 is 32.6 Å². The molecule has 0 heterocycles. The predicted molar refractivity (Wildman–Crippen MR) is 109 cm³/mol. The second-order valence-electron chi connectivity index (χ2n) is 7.88. The molecule has 2 aromatic rings. The van der Waals surface area contributed by atoms with E-state index in [4.69, 9.17) is 9.47 Å². The third-order valence-electron chi connectivity index (χ3n) is 5.45. The van der Waals surface area contributed by atoms with Crippen molar-refractivity contribution in [2.75, 3.05) is 7.11 Å². The summed E-state index contributed by atoms with van der Waals surface area (Å²) in [5, 5.41) is 9.53. The van der Waals surface area contributed by atoms with Gasteiger partial charge in [-0.25, -0.2) is 9.18 Å². The van der Waals surface area contributed by atoms with E-state index in [1.54, 1.807) is 44.2 Å². The van der Waals surface area contributed by atoms with E-state index in [0.29, 0.717) is 5.75 Å². The highest BCUT2D eigenvalue weighted by molar-refractivity contribution is 5.86. The van der Waals surface area contributed by atoms with Gasteiger partial charge in [0.05, 0.1) is 13.0 Å². The minimum Gasteiger partial charge on any atom is -0.464 e. The number of para-hydroxylation sites is 1. The van der Waals surface area contributed by atoms with Gasteiger partial charge in [0, 0.05) is 5.56 Å². The number of nitriles is 1. The molecule has 2 aromatic carbocycles. The van der Waals surface area contributed by atoms with Crippen LogP contribution in [0.2, 0.25) is 0 Å². The van der Waals surface area contributed by atoms with Gasteiger partial charge < -0.3 is 14.2 Å². The Hall–Kier alpha value is -3.73. The molecule has 0 unspecified atom stereocenters. The maximum atomic E-state index is 14.2. The van der Waals surface area contributed by atoms with Crippen molar-refractivity contribution in [3.8, 4) is 17.6 Å². The van der Waals surface area contributed by atoms with Crippen molar-refractivity contribution in [3.05, 3.63) is 71.8 Å². The summed E-state index contributed by atoms with van der Waals surface area (Å²) in [5.74, 6) is -4.68. The number of carbonyl (C=O) groups excluding carboxylic acids is 2. The summed E-state index contributed by atoms with van der Waals surface area (Å²) in [5.41, 5.74) is -0.452. The number of hydrogen-bond donors (Lipinski definition) is 0. The molecule has 0 aliphatic heterocycles. The zero-order chi connectivity index (χ0) is 23.5. The zero-order valence-electron chi connectivity index (χ0n) is 17.7. The number of carbonyl (C=O) groups is 2. The molecule has 0 N–H and O–H groups in total. The molecular weight excluding hydrogens is 420 g/mol. The summed E-state index contributed by atoms with van der Waals surface area (Å²) < 4.78 is 43.2. The van der Waals surface area contributed by atoms with Crippen LogP contribution in [0.1, 0.15) is 25.5 Å². The smallest absolute Gasteiger partial charge is 0.366 e. The average Bonchev–Trinajstić information content (AvgIpc) is 3.33. The van der Waals surface area contributed by atoms with Crippen molar-refractivity contribution in [1.82, 2.24) is 0 Å². The van der Waals surface area contributed by atoms with Gasteiger partial charge in [-0.3, -0.25) is 4.79 Å². The van der Waals surface area contributed by atoms with E-state index < -0.39 is 46.9 Å². The van der Waals surface area contributed by atoms with Crippen LogP contribution in [0.4, 0.5) is 8.78 Å². The first kappa shape index (κ1) is 22.9. The second kappa shape index (κ2) is 9.18. The van der Waals surface area contributed by atoms with Crippen LogP contribution in [-0.2, 0) is 19.1 Å². The first-order valence-corrected chi connectivity index (χ1v) is 9.77. The molecule has 0 saturated heterocycles. The number of halogens is 2. The minimum absolute atomic E-state index is 0.127. The van der Waals surface area contributed by atoms with Crippen LogP contribution >= 0.6 is 0 Å². The quantitative estimate of drug-likeness (QED) is 0.443. The number of hydrogen-bond acceptors (Lipinski definition) is 6. The van der Waals surface area contributed by atoms with Gasteiger partial charge in [0.1, 0.15) is 11.8 Å². The molecule has 1 aliphatic rings. The predicted octanol–water partition coefficient (Wildman–Crippen LogP) is 5.02. The Labute approximate surface area is 184 Å². The van der Waals surface area contributed by atoms with Crippen LogP contribution < -0.4 is 4.74 Å². The Morgan fingerprint density at radius 2 is 1.88 bits per heavy atom. The van der Waals surface area contributed by atoms with Crippen molar-refractivity contribution in [2.24, 2.45) is 17.3 Å². The monoisotopic (exact) mass is 441 g/mol. The molecule has 166 valence electrons. The molecular formula is C24H21F2NO5. The van der Waals surface area contributed by atoms with E-state index in [0.717, 1.165) is 19.3 Å². The molecule has 3 atom stereocenters. The summed E-state index contributed by atoms with van der Waals surface area (Å²) in [7, 11) is 1.05. The maximum Gasteiger partial charge on any atom is 0.366 e. The lowest BCUT2D eigenvalue weighted by atomic mass is 10.1. The standard InChI is InChI=1S/C24H21F2NO5/c1-24(2)16(12-18(26)22(28)30-3)21(24)23(29)32-20(13-27)14-9-10-17(25)19(11-14)31-15-7-5-4-6-8-15/h4-12,16,20-21H,1-3H3/b18-12+/t16-,20+,21-/m0/s1. The largest absolute Gasteiger partial charge is 0.464 e. The van der Waals surface area contributed by atoms with Crippen LogP contribution in [0.25, 0.3) is 0 Å². The van der Waals surface area contributed by atoms with E-state index in [-0.39, 0.29) is 11.3 Å². The molecule has 0 spiro atoms. The first-order valence-electron chi connectivity index (χ1n) is 9.77. The Balaban J connectivity index is 1.76. The molecule has 0 amide bonds. The van der Waals surface area contributed by atoms with Crippen LogP contribution in [0.3, 0.4) is 0 Å². The summed E-state index contributed by atoms with van der Waals surface area (Å²) in [6, 6.07) is 14.1. The van der Waals surface area contributed by atoms with Gasteiger partial charge in [0.15, 0.2) is 11.6 Å². The van der Waals surface area contributed by atoms with Crippen molar-refractivity contribution in [1.29, 1.82) is 5.26 Å². The molecule has 1 aliphatic carbocycles. The fourth-order valence-corrected chi connectivity index (χ4v) is 3.50. The van der Waals surface area contributed by atoms with Gasteiger partial charge in [-0.15, -0.1) is 0 Å². The second-order valence-corrected chi connectivity index (χ2v) is 7.88. The average molecular weight is 441 g/mol. The lowest BCUT2D eigenvalue weighted by molar-refractivity contribution is -0.149. The Bertz CT molecular complexity index is 1090. The molecule has 0 radical (unpaired) electrons. The molecule has 0 bridgehead atoms. The summed E-state index contributed by atoms with van der Waals surface area (Å²) in [6.45, 7) is 3.44. The number of ether oxygens (including phenoxy) is 3. The topological polar surface area (TPSA) is 85.6 Å². The van der Waals surface area contributed by atoms with Gasteiger partial charge in [-0.2, -0.15) is 9.65 Å². The Kier molecular flexibility index (Phi) is 6.58. The van der Waals surface area contributed by atoms with Crippen LogP contribution in [0.15, 0.2) is 60.4 Å². The van der Waals surface area contributed by atoms with E-state index in [1.807, 2.05) is 6.07 Å². The molecule has 8 heteroatoms. The van der Waals surface area contributed by atoms with Gasteiger partial charge in [0.2, 0.25) is 11.9 Å².